The molecule has 1 aliphatic rings. The molecule has 0 radical (unpaired) electrons. The van der Waals surface area contributed by atoms with Gasteiger partial charge in [0, 0.05) is 20.9 Å². The number of hydrogen-bond acceptors (Lipinski definition) is 5. The number of anilines is 1. The number of aromatic nitrogens is 3. The molecule has 1 aromatic heterocycles. The summed E-state index contributed by atoms with van der Waals surface area (Å²) in [6.07, 6.45) is 6.91. The summed E-state index contributed by atoms with van der Waals surface area (Å²) in [6.45, 7) is 0. The second kappa shape index (κ2) is 9.69. The SMILES string of the molecule is O=C(CSc1nncn1-c1cccc(Cl)c1)Nc1ccc(SC2CCCC2)cc1. The number of nitrogens with zero attached hydrogens (tertiary/aromatic N) is 3. The molecule has 150 valence electrons. The summed E-state index contributed by atoms with van der Waals surface area (Å²) in [7, 11) is 0. The summed E-state index contributed by atoms with van der Waals surface area (Å²) >= 11 is 9.34. The van der Waals surface area contributed by atoms with Crippen molar-refractivity contribution in [3.63, 3.8) is 0 Å². The molecular formula is C21H21ClN4OS2. The maximum Gasteiger partial charge on any atom is 0.234 e. The average Bonchev–Trinajstić information content (AvgIpc) is 3.40. The number of carbonyl (C=O) groups is 1. The van der Waals surface area contributed by atoms with Crippen LogP contribution in [0.1, 0.15) is 25.7 Å². The molecule has 3 aromatic rings. The molecule has 8 heteroatoms. The summed E-state index contributed by atoms with van der Waals surface area (Å²) in [6, 6.07) is 15.5. The number of halogens is 1. The van der Waals surface area contributed by atoms with E-state index < -0.39 is 0 Å². The van der Waals surface area contributed by atoms with Crippen LogP contribution in [0, 0.1) is 0 Å². The maximum atomic E-state index is 12.4. The highest BCUT2D eigenvalue weighted by atomic mass is 35.5. The van der Waals surface area contributed by atoms with Crippen molar-refractivity contribution in [2.45, 2.75) is 41.0 Å². The van der Waals surface area contributed by atoms with E-state index in [0.717, 1.165) is 16.6 Å². The van der Waals surface area contributed by atoms with Crippen molar-refractivity contribution in [1.29, 1.82) is 0 Å². The zero-order valence-corrected chi connectivity index (χ0v) is 18.1. The van der Waals surface area contributed by atoms with Gasteiger partial charge >= 0.3 is 0 Å². The molecule has 4 rings (SSSR count). The van der Waals surface area contributed by atoms with Gasteiger partial charge in [0.15, 0.2) is 5.16 Å². The molecule has 0 unspecified atom stereocenters. The Morgan fingerprint density at radius 1 is 1.17 bits per heavy atom. The van der Waals surface area contributed by atoms with Crippen LogP contribution in [-0.4, -0.2) is 31.7 Å². The van der Waals surface area contributed by atoms with Gasteiger partial charge in [-0.15, -0.1) is 22.0 Å². The van der Waals surface area contributed by atoms with E-state index in [-0.39, 0.29) is 11.7 Å². The number of carbonyl (C=O) groups excluding carboxylic acids is 1. The topological polar surface area (TPSA) is 59.8 Å². The van der Waals surface area contributed by atoms with E-state index in [4.69, 9.17) is 11.6 Å². The first-order valence-electron chi connectivity index (χ1n) is 9.53. The summed E-state index contributed by atoms with van der Waals surface area (Å²) in [5, 5.41) is 13.0. The molecule has 0 bridgehead atoms. The zero-order chi connectivity index (χ0) is 20.1. The second-order valence-corrected chi connectivity index (χ2v) is 9.60. The van der Waals surface area contributed by atoms with E-state index in [1.807, 2.05) is 52.7 Å². The fourth-order valence-corrected chi connectivity index (χ4v) is 5.43. The molecule has 0 saturated heterocycles. The van der Waals surface area contributed by atoms with Crippen molar-refractivity contribution in [3.05, 3.63) is 59.9 Å². The first-order chi connectivity index (χ1) is 14.2. The highest BCUT2D eigenvalue weighted by Gasteiger charge is 2.16. The summed E-state index contributed by atoms with van der Waals surface area (Å²) < 4.78 is 1.82. The van der Waals surface area contributed by atoms with Crippen LogP contribution in [0.3, 0.4) is 0 Å². The molecule has 29 heavy (non-hydrogen) atoms. The third-order valence-corrected chi connectivity index (χ3v) is 7.21. The standard InChI is InChI=1S/C21H21ClN4OS2/c22-15-4-3-5-17(12-15)26-14-23-25-21(26)28-13-20(27)24-16-8-10-19(11-9-16)29-18-6-1-2-7-18/h3-5,8-12,14,18H,1-2,6-7,13H2,(H,24,27). The van der Waals surface area contributed by atoms with Crippen molar-refractivity contribution in [2.75, 3.05) is 11.1 Å². The molecule has 5 nitrogen and oxygen atoms in total. The number of benzene rings is 2. The Balaban J connectivity index is 1.31. The Labute approximate surface area is 183 Å². The molecule has 1 saturated carbocycles. The lowest BCUT2D eigenvalue weighted by Gasteiger charge is -2.10. The highest BCUT2D eigenvalue weighted by molar-refractivity contribution is 8.00. The van der Waals surface area contributed by atoms with Crippen molar-refractivity contribution in [3.8, 4) is 5.69 Å². The number of hydrogen-bond donors (Lipinski definition) is 1. The van der Waals surface area contributed by atoms with Crippen molar-refractivity contribution in [2.24, 2.45) is 0 Å². The van der Waals surface area contributed by atoms with Gasteiger partial charge in [0.25, 0.3) is 0 Å². The molecule has 1 heterocycles. The summed E-state index contributed by atoms with van der Waals surface area (Å²) in [5.74, 6) is 0.171. The third-order valence-electron chi connectivity index (χ3n) is 4.68. The van der Waals surface area contributed by atoms with Gasteiger partial charge in [0.05, 0.1) is 11.4 Å². The lowest BCUT2D eigenvalue weighted by Crippen LogP contribution is -2.14. The molecule has 0 aliphatic heterocycles. The number of amides is 1. The molecule has 1 fully saturated rings. The lowest BCUT2D eigenvalue weighted by atomic mass is 10.3. The van der Waals surface area contributed by atoms with E-state index in [0.29, 0.717) is 10.2 Å². The van der Waals surface area contributed by atoms with Crippen LogP contribution in [0.5, 0.6) is 0 Å². The number of nitrogens with one attached hydrogen (secondary N) is 1. The molecular weight excluding hydrogens is 424 g/mol. The largest absolute Gasteiger partial charge is 0.325 e. The molecule has 2 aromatic carbocycles. The molecule has 0 spiro atoms. The van der Waals surface area contributed by atoms with E-state index >= 15 is 0 Å². The van der Waals surface area contributed by atoms with Crippen molar-refractivity contribution in [1.82, 2.24) is 14.8 Å². The van der Waals surface area contributed by atoms with Gasteiger partial charge in [-0.25, -0.2) is 0 Å². The third kappa shape index (κ3) is 5.56. The monoisotopic (exact) mass is 444 g/mol. The van der Waals surface area contributed by atoms with Crippen LogP contribution in [0.25, 0.3) is 5.69 Å². The van der Waals surface area contributed by atoms with Crippen LogP contribution in [0.4, 0.5) is 5.69 Å². The van der Waals surface area contributed by atoms with Gasteiger partial charge in [-0.1, -0.05) is 42.3 Å². The number of rotatable bonds is 7. The fourth-order valence-electron chi connectivity index (χ4n) is 3.27. The quantitative estimate of drug-likeness (QED) is 0.474. The zero-order valence-electron chi connectivity index (χ0n) is 15.8. The molecule has 1 N–H and O–H groups in total. The molecule has 0 atom stereocenters. The van der Waals surface area contributed by atoms with Gasteiger partial charge in [-0.3, -0.25) is 9.36 Å². The van der Waals surface area contributed by atoms with Gasteiger partial charge in [0.1, 0.15) is 6.33 Å². The van der Waals surface area contributed by atoms with E-state index in [2.05, 4.69) is 27.6 Å². The van der Waals surface area contributed by atoms with Crippen molar-refractivity contribution >= 4 is 46.7 Å². The Hall–Kier alpha value is -1.96. The van der Waals surface area contributed by atoms with E-state index in [1.54, 1.807) is 6.33 Å². The minimum Gasteiger partial charge on any atom is -0.325 e. The van der Waals surface area contributed by atoms with Gasteiger partial charge in [0.2, 0.25) is 5.91 Å². The summed E-state index contributed by atoms with van der Waals surface area (Å²) in [5.41, 5.74) is 1.67. The smallest absolute Gasteiger partial charge is 0.234 e. The Morgan fingerprint density at radius 3 is 2.72 bits per heavy atom. The summed E-state index contributed by atoms with van der Waals surface area (Å²) in [4.78, 5) is 13.6. The average molecular weight is 445 g/mol. The Morgan fingerprint density at radius 2 is 1.97 bits per heavy atom. The van der Waals surface area contributed by atoms with Gasteiger partial charge in [-0.2, -0.15) is 0 Å². The fraction of sp³-hybridized carbons (Fsp3) is 0.286. The molecule has 1 aliphatic carbocycles. The van der Waals surface area contributed by atoms with Crippen LogP contribution < -0.4 is 5.32 Å². The Kier molecular flexibility index (Phi) is 6.79. The van der Waals surface area contributed by atoms with Gasteiger partial charge in [-0.05, 0) is 55.3 Å². The number of thioether (sulfide) groups is 2. The minimum atomic E-state index is -0.0770. The van der Waals surface area contributed by atoms with Crippen LogP contribution in [0.2, 0.25) is 5.02 Å². The first-order valence-corrected chi connectivity index (χ1v) is 11.8. The predicted molar refractivity (Wildman–Crippen MR) is 120 cm³/mol. The van der Waals surface area contributed by atoms with Gasteiger partial charge < -0.3 is 5.32 Å². The van der Waals surface area contributed by atoms with E-state index in [1.165, 1.54) is 42.3 Å². The second-order valence-electron chi connectivity index (χ2n) is 6.85. The van der Waals surface area contributed by atoms with Crippen molar-refractivity contribution < 1.29 is 4.79 Å². The van der Waals surface area contributed by atoms with Crippen LogP contribution in [-0.2, 0) is 4.79 Å². The molecule has 1 amide bonds. The maximum absolute atomic E-state index is 12.4. The van der Waals surface area contributed by atoms with E-state index in [9.17, 15) is 4.79 Å². The van der Waals surface area contributed by atoms with Crippen LogP contribution in [0.15, 0.2) is 64.9 Å². The normalized spacial score (nSPS) is 14.2. The first kappa shape index (κ1) is 20.3. The predicted octanol–water partition coefficient (Wildman–Crippen LogP) is 5.69. The van der Waals surface area contributed by atoms with Crippen LogP contribution >= 0.6 is 35.1 Å². The Bertz CT molecular complexity index is 971. The highest BCUT2D eigenvalue weighted by Crippen LogP contribution is 2.35. The minimum absolute atomic E-state index is 0.0770. The lowest BCUT2D eigenvalue weighted by molar-refractivity contribution is -0.113.